The minimum atomic E-state index is 0.118. The fourth-order valence-corrected chi connectivity index (χ4v) is 5.04. The van der Waals surface area contributed by atoms with E-state index >= 15 is 0 Å². The molecule has 2 aliphatic heterocycles. The third kappa shape index (κ3) is 9.07. The van der Waals surface area contributed by atoms with Crippen molar-refractivity contribution < 1.29 is 9.53 Å². The second kappa shape index (κ2) is 17.1. The van der Waals surface area contributed by atoms with Gasteiger partial charge in [-0.25, -0.2) is 4.79 Å². The Hall–Kier alpha value is -2.53. The lowest BCUT2D eigenvalue weighted by Crippen LogP contribution is -2.46. The number of hydrogen-bond donors (Lipinski definition) is 0. The highest BCUT2D eigenvalue weighted by molar-refractivity contribution is 5.77. The third-order valence-corrected chi connectivity index (χ3v) is 6.69. The highest BCUT2D eigenvalue weighted by atomic mass is 16.5. The first-order chi connectivity index (χ1) is 17.9. The molecule has 2 aliphatic rings. The van der Waals surface area contributed by atoms with E-state index in [0.29, 0.717) is 13.1 Å². The second-order valence-electron chi connectivity index (χ2n) is 9.35. The first-order valence-corrected chi connectivity index (χ1v) is 14.3. The summed E-state index contributed by atoms with van der Waals surface area (Å²) in [5.41, 5.74) is 6.06. The molecule has 5 nitrogen and oxygen atoms in total. The van der Waals surface area contributed by atoms with Crippen molar-refractivity contribution in [1.82, 2.24) is 14.7 Å². The Bertz CT molecular complexity index is 932. The largest absolute Gasteiger partial charge is 0.496 e. The predicted octanol–water partition coefficient (Wildman–Crippen LogP) is 7.92. The summed E-state index contributed by atoms with van der Waals surface area (Å²) in [4.78, 5) is 20.3. The number of benzene rings is 1. The molecule has 37 heavy (non-hydrogen) atoms. The maximum atomic E-state index is 13.7. The van der Waals surface area contributed by atoms with Gasteiger partial charge in [0.2, 0.25) is 0 Å². The standard InChI is InChI=1S/C28H41N3O2.2C2H6/c1-7-9-11-21(3)19-29-13-10-12-25-18-23(5)27-24(16-22(4)17-26(27)33-6)20-31(25)28(32)30(8-2)15-14-29;2*1-2/h7,9,11,16-18,23H,8,10,12-15,19-20H2,1-6H3;2*1-2H3/b9-7-,21-11+;;. The number of allylic oxidation sites excluding steroid dienone is 5. The number of methoxy groups -OCH3 is 1. The summed E-state index contributed by atoms with van der Waals surface area (Å²) in [7, 11) is 1.74. The van der Waals surface area contributed by atoms with Gasteiger partial charge in [-0.1, -0.05) is 70.6 Å². The number of fused-ring (bicyclic) bond motifs is 2. The smallest absolute Gasteiger partial charge is 0.324 e. The van der Waals surface area contributed by atoms with Gasteiger partial charge in [0.25, 0.3) is 0 Å². The molecular weight excluding hydrogens is 458 g/mol. The van der Waals surface area contributed by atoms with Crippen molar-refractivity contribution in [2.45, 2.75) is 87.6 Å². The van der Waals surface area contributed by atoms with Crippen LogP contribution in [0.2, 0.25) is 0 Å². The fraction of sp³-hybridized carbons (Fsp3) is 0.594. The van der Waals surface area contributed by atoms with Crippen LogP contribution in [0.1, 0.15) is 90.8 Å². The van der Waals surface area contributed by atoms with Crippen molar-refractivity contribution in [3.05, 3.63) is 64.4 Å². The van der Waals surface area contributed by atoms with E-state index in [1.165, 1.54) is 22.3 Å². The normalized spacial score (nSPS) is 19.0. The Morgan fingerprint density at radius 1 is 1.14 bits per heavy atom. The van der Waals surface area contributed by atoms with Gasteiger partial charge in [-0.2, -0.15) is 0 Å². The zero-order valence-electron chi connectivity index (χ0n) is 25.4. The Morgan fingerprint density at radius 3 is 2.46 bits per heavy atom. The summed E-state index contributed by atoms with van der Waals surface area (Å²) in [6.07, 6.45) is 10.6. The number of carbonyl (C=O) groups is 1. The Balaban J connectivity index is 0.00000163. The highest BCUT2D eigenvalue weighted by Gasteiger charge is 2.30. The Labute approximate surface area is 227 Å². The van der Waals surface area contributed by atoms with Gasteiger partial charge < -0.3 is 9.64 Å². The lowest BCUT2D eigenvalue weighted by atomic mass is 9.93. The molecule has 208 valence electrons. The van der Waals surface area contributed by atoms with Crippen molar-refractivity contribution in [2.75, 3.05) is 39.8 Å². The van der Waals surface area contributed by atoms with E-state index in [9.17, 15) is 4.79 Å². The van der Waals surface area contributed by atoms with Gasteiger partial charge in [0.1, 0.15) is 5.75 Å². The van der Waals surface area contributed by atoms with E-state index in [0.717, 1.165) is 50.5 Å². The quantitative estimate of drug-likeness (QED) is 0.377. The molecule has 1 saturated heterocycles. The second-order valence-corrected chi connectivity index (χ2v) is 9.35. The lowest BCUT2D eigenvalue weighted by Gasteiger charge is -2.35. The highest BCUT2D eigenvalue weighted by Crippen LogP contribution is 2.38. The van der Waals surface area contributed by atoms with Crippen LogP contribution >= 0.6 is 0 Å². The van der Waals surface area contributed by atoms with Crippen LogP contribution in [0.3, 0.4) is 0 Å². The Morgan fingerprint density at radius 2 is 1.84 bits per heavy atom. The van der Waals surface area contributed by atoms with E-state index in [-0.39, 0.29) is 11.9 Å². The van der Waals surface area contributed by atoms with Crippen molar-refractivity contribution in [3.63, 3.8) is 0 Å². The average molecular weight is 512 g/mol. The zero-order chi connectivity index (χ0) is 28.0. The molecule has 0 aromatic heterocycles. The van der Waals surface area contributed by atoms with Gasteiger partial charge in [-0.15, -0.1) is 0 Å². The number of rotatable bonds is 5. The van der Waals surface area contributed by atoms with Crippen molar-refractivity contribution in [2.24, 2.45) is 0 Å². The molecule has 0 radical (unpaired) electrons. The lowest BCUT2D eigenvalue weighted by molar-refractivity contribution is 0.150. The number of likely N-dealkylation sites (N-methyl/N-ethyl adjacent to an activating group) is 1. The SMILES string of the molecule is C/C=C\C=C(/C)CN1CCCC2=CC(C)c3c(cc(C)cc3OC)CN2C(=O)N(CC)CC1.CC.CC. The summed E-state index contributed by atoms with van der Waals surface area (Å²) in [6, 6.07) is 4.44. The predicted molar refractivity (Wildman–Crippen MR) is 159 cm³/mol. The Kier molecular flexibility index (Phi) is 15.0. The molecule has 0 N–H and O–H groups in total. The van der Waals surface area contributed by atoms with Crippen LogP contribution in [0, 0.1) is 6.92 Å². The minimum Gasteiger partial charge on any atom is -0.496 e. The number of nitrogens with zero attached hydrogens (tertiary/aromatic N) is 3. The van der Waals surface area contributed by atoms with E-state index in [1.807, 2.05) is 44.4 Å². The molecule has 5 heteroatoms. The molecule has 0 spiro atoms. The van der Waals surface area contributed by atoms with Crippen LogP contribution < -0.4 is 4.74 Å². The third-order valence-electron chi connectivity index (χ3n) is 6.69. The fourth-order valence-electron chi connectivity index (χ4n) is 5.04. The maximum absolute atomic E-state index is 13.7. The molecule has 0 aliphatic carbocycles. The molecule has 2 amide bonds. The number of carbonyl (C=O) groups excluding carboxylic acids is 1. The molecule has 2 heterocycles. The molecule has 1 unspecified atom stereocenters. The molecular formula is C32H53N3O2. The van der Waals surface area contributed by atoms with Crippen LogP contribution in [0.15, 0.2) is 47.7 Å². The van der Waals surface area contributed by atoms with E-state index in [4.69, 9.17) is 4.74 Å². The van der Waals surface area contributed by atoms with E-state index in [2.05, 4.69) is 69.0 Å². The van der Waals surface area contributed by atoms with Gasteiger partial charge in [-0.05, 0) is 64.3 Å². The molecule has 1 atom stereocenters. The molecule has 1 aromatic carbocycles. The van der Waals surface area contributed by atoms with Gasteiger partial charge >= 0.3 is 6.03 Å². The molecule has 0 saturated carbocycles. The van der Waals surface area contributed by atoms with Gasteiger partial charge in [0.05, 0.1) is 13.7 Å². The number of ether oxygens (including phenoxy) is 1. The van der Waals surface area contributed by atoms with Gasteiger partial charge in [-0.3, -0.25) is 9.80 Å². The topological polar surface area (TPSA) is 36.0 Å². The van der Waals surface area contributed by atoms with Gasteiger partial charge in [0, 0.05) is 43.4 Å². The first-order valence-electron chi connectivity index (χ1n) is 14.3. The number of hydrogen-bond acceptors (Lipinski definition) is 3. The first kappa shape index (κ1) is 32.5. The van der Waals surface area contributed by atoms with Crippen LogP contribution in [0.25, 0.3) is 0 Å². The molecule has 1 fully saturated rings. The van der Waals surface area contributed by atoms with E-state index < -0.39 is 0 Å². The summed E-state index contributed by atoms with van der Waals surface area (Å²) in [5, 5.41) is 0. The number of urea groups is 1. The molecule has 1 aromatic rings. The van der Waals surface area contributed by atoms with Crippen LogP contribution in [-0.4, -0.2) is 60.6 Å². The number of amides is 2. The van der Waals surface area contributed by atoms with Crippen LogP contribution in [-0.2, 0) is 6.54 Å². The zero-order valence-corrected chi connectivity index (χ0v) is 25.4. The van der Waals surface area contributed by atoms with Crippen molar-refractivity contribution in [1.29, 1.82) is 0 Å². The van der Waals surface area contributed by atoms with E-state index in [1.54, 1.807) is 7.11 Å². The van der Waals surface area contributed by atoms with Crippen molar-refractivity contribution >= 4 is 6.03 Å². The van der Waals surface area contributed by atoms with Gasteiger partial charge in [0.15, 0.2) is 0 Å². The van der Waals surface area contributed by atoms with Crippen LogP contribution in [0.4, 0.5) is 4.79 Å². The maximum Gasteiger partial charge on any atom is 0.324 e. The summed E-state index contributed by atoms with van der Waals surface area (Å²) in [5.74, 6) is 1.12. The van der Waals surface area contributed by atoms with Crippen molar-refractivity contribution in [3.8, 4) is 5.75 Å². The molecule has 3 rings (SSSR count). The monoisotopic (exact) mass is 511 g/mol. The summed E-state index contributed by atoms with van der Waals surface area (Å²) in [6.45, 7) is 23.5. The summed E-state index contributed by atoms with van der Waals surface area (Å²) < 4.78 is 5.75. The molecule has 0 bridgehead atoms. The summed E-state index contributed by atoms with van der Waals surface area (Å²) >= 11 is 0. The number of aryl methyl sites for hydroxylation is 1. The average Bonchev–Trinajstić information content (AvgIpc) is 3.04. The minimum absolute atomic E-state index is 0.118. The van der Waals surface area contributed by atoms with Crippen LogP contribution in [0.5, 0.6) is 5.75 Å².